The van der Waals surface area contributed by atoms with Gasteiger partial charge in [-0.05, 0) is 30.3 Å². The number of halogens is 1. The summed E-state index contributed by atoms with van der Waals surface area (Å²) in [6, 6.07) is 7.24. The number of rotatable bonds is 2. The lowest BCUT2D eigenvalue weighted by Gasteiger charge is -2.07. The summed E-state index contributed by atoms with van der Waals surface area (Å²) >= 11 is 0. The van der Waals surface area contributed by atoms with Gasteiger partial charge in [0.25, 0.3) is 0 Å². The van der Waals surface area contributed by atoms with Crippen molar-refractivity contribution in [2.75, 3.05) is 11.5 Å². The fraction of sp³-hybridized carbons (Fsp3) is 0. The zero-order chi connectivity index (χ0) is 13.3. The minimum Gasteiger partial charge on any atom is -0.384 e. The van der Waals surface area contributed by atoms with Gasteiger partial charge in [0.15, 0.2) is 0 Å². The summed E-state index contributed by atoms with van der Waals surface area (Å²) in [5.74, 6) is -0.733. The van der Waals surface area contributed by atoms with E-state index in [4.69, 9.17) is 11.5 Å². The van der Waals surface area contributed by atoms with Crippen molar-refractivity contribution in [2.45, 2.75) is 9.79 Å². The Morgan fingerprint density at radius 2 is 1.83 bits per heavy atom. The van der Waals surface area contributed by atoms with Gasteiger partial charge in [0, 0.05) is 0 Å². The smallest absolute Gasteiger partial charge is 0.210 e. The number of hydrogen-bond donors (Lipinski definition) is 2. The van der Waals surface area contributed by atoms with E-state index in [9.17, 15) is 12.8 Å². The number of benzene rings is 1. The third kappa shape index (κ3) is 2.12. The number of anilines is 2. The second kappa shape index (κ2) is 4.26. The van der Waals surface area contributed by atoms with Crippen LogP contribution in [0.2, 0.25) is 0 Å². The quantitative estimate of drug-likeness (QED) is 0.852. The van der Waals surface area contributed by atoms with Gasteiger partial charge in [0.1, 0.15) is 22.3 Å². The van der Waals surface area contributed by atoms with Crippen LogP contribution in [0.5, 0.6) is 0 Å². The summed E-state index contributed by atoms with van der Waals surface area (Å²) in [4.78, 5) is 3.30. The van der Waals surface area contributed by atoms with Crippen LogP contribution in [0.15, 0.2) is 46.2 Å². The predicted octanol–water partition coefficient (Wildman–Crippen LogP) is 1.22. The maximum absolute atomic E-state index is 13.0. The van der Waals surface area contributed by atoms with Crippen LogP contribution in [0, 0.1) is 5.82 Å². The van der Waals surface area contributed by atoms with Gasteiger partial charge in [-0.25, -0.2) is 17.8 Å². The van der Waals surface area contributed by atoms with Crippen molar-refractivity contribution in [3.05, 3.63) is 42.2 Å². The van der Waals surface area contributed by atoms with Crippen molar-refractivity contribution >= 4 is 21.5 Å². The number of hydrogen-bond acceptors (Lipinski definition) is 5. The van der Waals surface area contributed by atoms with E-state index in [0.717, 1.165) is 12.1 Å². The molecule has 2 rings (SSSR count). The van der Waals surface area contributed by atoms with Gasteiger partial charge in [-0.1, -0.05) is 6.07 Å². The fourth-order valence-corrected chi connectivity index (χ4v) is 2.81. The van der Waals surface area contributed by atoms with Crippen LogP contribution in [0.4, 0.5) is 16.0 Å². The van der Waals surface area contributed by atoms with Crippen LogP contribution in [0.3, 0.4) is 0 Å². The van der Waals surface area contributed by atoms with E-state index in [1.807, 2.05) is 0 Å². The van der Waals surface area contributed by atoms with Crippen LogP contribution < -0.4 is 11.5 Å². The highest BCUT2D eigenvalue weighted by Gasteiger charge is 2.21. The summed E-state index contributed by atoms with van der Waals surface area (Å²) in [6.45, 7) is 0. The van der Waals surface area contributed by atoms with E-state index >= 15 is 0 Å². The van der Waals surface area contributed by atoms with Crippen LogP contribution in [0.25, 0.3) is 0 Å². The molecule has 0 fully saturated rings. The van der Waals surface area contributed by atoms with E-state index in [-0.39, 0.29) is 21.4 Å². The molecule has 0 unspecified atom stereocenters. The molecule has 1 aromatic carbocycles. The van der Waals surface area contributed by atoms with Crippen LogP contribution in [-0.4, -0.2) is 13.4 Å². The number of pyridine rings is 1. The monoisotopic (exact) mass is 267 g/mol. The van der Waals surface area contributed by atoms with Crippen molar-refractivity contribution < 1.29 is 12.8 Å². The minimum atomic E-state index is -3.89. The third-order valence-electron chi connectivity index (χ3n) is 2.30. The number of nitrogen functional groups attached to an aromatic ring is 2. The topological polar surface area (TPSA) is 99.1 Å². The molecular weight excluding hydrogens is 257 g/mol. The highest BCUT2D eigenvalue weighted by molar-refractivity contribution is 7.91. The first-order valence-corrected chi connectivity index (χ1v) is 6.42. The summed E-state index contributed by atoms with van der Waals surface area (Å²) in [7, 11) is -3.89. The summed E-state index contributed by atoms with van der Waals surface area (Å²) < 4.78 is 37.4. The first kappa shape index (κ1) is 12.3. The molecule has 1 aromatic heterocycles. The standard InChI is InChI=1S/C11H10FN3O2S/c12-7-2-1-3-8(6-7)18(16,17)9-4-5-10(13)15-11(9)14/h1-6H,(H4,13,14,15). The van der Waals surface area contributed by atoms with Gasteiger partial charge in [-0.15, -0.1) is 0 Å². The average Bonchev–Trinajstić information content (AvgIpc) is 2.28. The molecule has 1 heterocycles. The van der Waals surface area contributed by atoms with E-state index in [0.29, 0.717) is 0 Å². The lowest BCUT2D eigenvalue weighted by Crippen LogP contribution is -2.08. The van der Waals surface area contributed by atoms with Crippen molar-refractivity contribution in [2.24, 2.45) is 0 Å². The molecule has 0 radical (unpaired) electrons. The Morgan fingerprint density at radius 3 is 2.44 bits per heavy atom. The lowest BCUT2D eigenvalue weighted by molar-refractivity contribution is 0.591. The van der Waals surface area contributed by atoms with Crippen molar-refractivity contribution in [1.29, 1.82) is 0 Å². The highest BCUT2D eigenvalue weighted by Crippen LogP contribution is 2.25. The van der Waals surface area contributed by atoms with E-state index in [2.05, 4.69) is 4.98 Å². The Balaban J connectivity index is 2.62. The number of nitrogens with two attached hydrogens (primary N) is 2. The first-order valence-electron chi connectivity index (χ1n) is 4.94. The second-order valence-electron chi connectivity index (χ2n) is 3.58. The van der Waals surface area contributed by atoms with Gasteiger partial charge in [0.2, 0.25) is 9.84 Å². The molecule has 0 aliphatic carbocycles. The second-order valence-corrected chi connectivity index (χ2v) is 5.50. The molecule has 18 heavy (non-hydrogen) atoms. The van der Waals surface area contributed by atoms with Crippen LogP contribution in [-0.2, 0) is 9.84 Å². The first-order chi connectivity index (χ1) is 8.41. The number of nitrogens with zero attached hydrogens (tertiary/aromatic N) is 1. The Labute approximate surface area is 103 Å². The summed E-state index contributed by atoms with van der Waals surface area (Å²) in [5.41, 5.74) is 10.9. The van der Waals surface area contributed by atoms with E-state index < -0.39 is 15.7 Å². The maximum Gasteiger partial charge on any atom is 0.210 e. The molecule has 7 heteroatoms. The highest BCUT2D eigenvalue weighted by atomic mass is 32.2. The average molecular weight is 267 g/mol. The molecular formula is C11H10FN3O2S. The number of sulfone groups is 1. The molecule has 0 amide bonds. The zero-order valence-corrected chi connectivity index (χ0v) is 9.99. The maximum atomic E-state index is 13.0. The zero-order valence-electron chi connectivity index (χ0n) is 9.17. The molecule has 0 atom stereocenters. The lowest BCUT2D eigenvalue weighted by atomic mass is 10.3. The Bertz CT molecular complexity index is 701. The summed E-state index contributed by atoms with van der Waals surface area (Å²) in [6.07, 6.45) is 0. The largest absolute Gasteiger partial charge is 0.384 e. The van der Waals surface area contributed by atoms with Gasteiger partial charge >= 0.3 is 0 Å². The molecule has 5 nitrogen and oxygen atoms in total. The third-order valence-corrected chi connectivity index (χ3v) is 4.10. The molecule has 0 saturated heterocycles. The van der Waals surface area contributed by atoms with E-state index in [1.54, 1.807) is 0 Å². The predicted molar refractivity (Wildman–Crippen MR) is 64.9 cm³/mol. The van der Waals surface area contributed by atoms with Gasteiger partial charge in [-0.3, -0.25) is 0 Å². The van der Waals surface area contributed by atoms with Gasteiger partial charge in [0.05, 0.1) is 4.90 Å². The summed E-state index contributed by atoms with van der Waals surface area (Å²) in [5, 5.41) is 0. The normalized spacial score (nSPS) is 11.4. The molecule has 0 aliphatic heterocycles. The minimum absolute atomic E-state index is 0.116. The van der Waals surface area contributed by atoms with Gasteiger partial charge in [-0.2, -0.15) is 0 Å². The van der Waals surface area contributed by atoms with Gasteiger partial charge < -0.3 is 11.5 Å². The number of aromatic nitrogens is 1. The molecule has 0 spiro atoms. The SMILES string of the molecule is Nc1ccc(S(=O)(=O)c2cccc(F)c2)c(N)n1. The molecule has 4 N–H and O–H groups in total. The van der Waals surface area contributed by atoms with Crippen molar-refractivity contribution in [3.63, 3.8) is 0 Å². The molecule has 2 aromatic rings. The molecule has 0 bridgehead atoms. The Morgan fingerprint density at radius 1 is 1.11 bits per heavy atom. The molecule has 0 saturated carbocycles. The van der Waals surface area contributed by atoms with Crippen molar-refractivity contribution in [1.82, 2.24) is 4.98 Å². The Kier molecular flexibility index (Phi) is 2.92. The van der Waals surface area contributed by atoms with Crippen LogP contribution >= 0.6 is 0 Å². The van der Waals surface area contributed by atoms with Crippen molar-refractivity contribution in [3.8, 4) is 0 Å². The Hall–Kier alpha value is -2.15. The van der Waals surface area contributed by atoms with E-state index in [1.165, 1.54) is 24.3 Å². The molecule has 0 aliphatic rings. The fourth-order valence-electron chi connectivity index (χ4n) is 1.47. The van der Waals surface area contributed by atoms with Crippen LogP contribution in [0.1, 0.15) is 0 Å². The molecule has 94 valence electrons.